The van der Waals surface area contributed by atoms with Crippen LogP contribution in [0.2, 0.25) is 0 Å². The molecule has 2 aromatic rings. The summed E-state index contributed by atoms with van der Waals surface area (Å²) in [6.07, 6.45) is 0.887. The summed E-state index contributed by atoms with van der Waals surface area (Å²) in [6, 6.07) is 8.40. The Morgan fingerprint density at radius 1 is 1.33 bits per heavy atom. The molecule has 110 valence electrons. The van der Waals surface area contributed by atoms with Gasteiger partial charge in [0.15, 0.2) is 12.0 Å². The smallest absolute Gasteiger partial charge is 0.339 e. The van der Waals surface area contributed by atoms with Crippen LogP contribution in [0.4, 0.5) is 5.69 Å². The Morgan fingerprint density at radius 2 is 2.10 bits per heavy atom. The monoisotopic (exact) mass is 287 g/mol. The summed E-state index contributed by atoms with van der Waals surface area (Å²) in [5.41, 5.74) is 1.14. The fourth-order valence-corrected chi connectivity index (χ4v) is 2.72. The number of aromatic hydroxyl groups is 1. The van der Waals surface area contributed by atoms with Gasteiger partial charge < -0.3 is 19.5 Å². The van der Waals surface area contributed by atoms with E-state index in [1.165, 1.54) is 0 Å². The second-order valence-electron chi connectivity index (χ2n) is 5.13. The number of para-hydroxylation sites is 1. The molecule has 1 aromatic heterocycles. The van der Waals surface area contributed by atoms with E-state index in [1.807, 2.05) is 29.2 Å². The molecule has 0 saturated carbocycles. The van der Waals surface area contributed by atoms with Crippen molar-refractivity contribution >= 4 is 5.69 Å². The predicted octanol–water partition coefficient (Wildman–Crippen LogP) is 2.62. The second kappa shape index (κ2) is 5.26. The van der Waals surface area contributed by atoms with Gasteiger partial charge in [0.05, 0.1) is 17.3 Å². The van der Waals surface area contributed by atoms with E-state index in [0.29, 0.717) is 12.1 Å². The zero-order valence-corrected chi connectivity index (χ0v) is 11.7. The van der Waals surface area contributed by atoms with Crippen molar-refractivity contribution in [3.05, 3.63) is 46.3 Å². The van der Waals surface area contributed by atoms with E-state index >= 15 is 0 Å². The number of unbranched alkanes of at least 4 members (excludes halogenated alkanes) is 1. The Morgan fingerprint density at radius 3 is 2.86 bits per heavy atom. The summed E-state index contributed by atoms with van der Waals surface area (Å²) in [5, 5.41) is 20.6. The fourth-order valence-electron chi connectivity index (χ4n) is 2.72. The molecule has 3 rings (SSSR count). The van der Waals surface area contributed by atoms with Crippen LogP contribution < -0.4 is 10.5 Å². The minimum Gasteiger partial charge on any atom is -0.507 e. The Kier molecular flexibility index (Phi) is 3.43. The average molecular weight is 287 g/mol. The lowest BCUT2D eigenvalue weighted by Gasteiger charge is -2.36. The largest absolute Gasteiger partial charge is 0.507 e. The Labute approximate surface area is 122 Å². The standard InChI is InChI=1S/C16H17NO4/c1-2-3-8-17-11-7-5-4-6-10(11)15-14(16(17)20)12(18)9-13(19)21-15/h4-7,9,16,18,20H,2-3,8H2,1H3. The Hall–Kier alpha value is -2.27. The number of hydrogen-bond acceptors (Lipinski definition) is 5. The third kappa shape index (κ3) is 2.19. The first kappa shape index (κ1) is 13.7. The highest BCUT2D eigenvalue weighted by molar-refractivity contribution is 5.82. The van der Waals surface area contributed by atoms with Crippen LogP contribution in [0.15, 0.2) is 39.5 Å². The molecule has 1 aliphatic rings. The minimum atomic E-state index is -1.02. The van der Waals surface area contributed by atoms with Crippen molar-refractivity contribution in [3.8, 4) is 17.1 Å². The van der Waals surface area contributed by atoms with Gasteiger partial charge in [0.1, 0.15) is 5.75 Å². The highest BCUT2D eigenvalue weighted by Gasteiger charge is 2.33. The summed E-state index contributed by atoms with van der Waals surface area (Å²) in [5.74, 6) is 0.0144. The molecular formula is C16H17NO4. The van der Waals surface area contributed by atoms with Gasteiger partial charge in [-0.2, -0.15) is 0 Å². The van der Waals surface area contributed by atoms with E-state index in [0.717, 1.165) is 24.6 Å². The van der Waals surface area contributed by atoms with Crippen molar-refractivity contribution in [2.45, 2.75) is 26.0 Å². The first-order chi connectivity index (χ1) is 10.1. The second-order valence-corrected chi connectivity index (χ2v) is 5.13. The molecular weight excluding hydrogens is 270 g/mol. The van der Waals surface area contributed by atoms with Crippen molar-refractivity contribution in [1.29, 1.82) is 0 Å². The topological polar surface area (TPSA) is 73.9 Å². The number of aliphatic hydroxyl groups excluding tert-OH is 1. The first-order valence-electron chi connectivity index (χ1n) is 7.04. The van der Waals surface area contributed by atoms with Crippen LogP contribution >= 0.6 is 0 Å². The number of aliphatic hydroxyl groups is 1. The molecule has 5 heteroatoms. The van der Waals surface area contributed by atoms with E-state index in [1.54, 1.807) is 0 Å². The predicted molar refractivity (Wildman–Crippen MR) is 79.3 cm³/mol. The number of anilines is 1. The maximum absolute atomic E-state index is 11.5. The van der Waals surface area contributed by atoms with Crippen LogP contribution in [0, 0.1) is 0 Å². The molecule has 0 bridgehead atoms. The minimum absolute atomic E-state index is 0.232. The molecule has 0 amide bonds. The number of nitrogens with zero attached hydrogens (tertiary/aromatic N) is 1. The van der Waals surface area contributed by atoms with E-state index in [4.69, 9.17) is 4.42 Å². The van der Waals surface area contributed by atoms with Gasteiger partial charge in [0, 0.05) is 12.1 Å². The van der Waals surface area contributed by atoms with Crippen molar-refractivity contribution in [2.75, 3.05) is 11.4 Å². The van der Waals surface area contributed by atoms with Gasteiger partial charge in [-0.15, -0.1) is 0 Å². The van der Waals surface area contributed by atoms with Crippen LogP contribution in [-0.4, -0.2) is 16.8 Å². The zero-order valence-electron chi connectivity index (χ0n) is 11.7. The number of rotatable bonds is 3. The summed E-state index contributed by atoms with van der Waals surface area (Å²) in [6.45, 7) is 2.74. The number of fused-ring (bicyclic) bond motifs is 3. The van der Waals surface area contributed by atoms with Gasteiger partial charge in [-0.3, -0.25) is 0 Å². The van der Waals surface area contributed by atoms with Crippen LogP contribution in [0.3, 0.4) is 0 Å². The molecule has 0 aliphatic carbocycles. The third-order valence-electron chi connectivity index (χ3n) is 3.74. The molecule has 0 spiro atoms. The molecule has 2 heterocycles. The van der Waals surface area contributed by atoms with Crippen molar-refractivity contribution in [3.63, 3.8) is 0 Å². The van der Waals surface area contributed by atoms with E-state index in [2.05, 4.69) is 6.92 Å². The Balaban J connectivity index is 2.22. The lowest BCUT2D eigenvalue weighted by atomic mass is 9.97. The molecule has 1 aromatic carbocycles. The normalized spacial score (nSPS) is 16.5. The van der Waals surface area contributed by atoms with Crippen LogP contribution in [0.5, 0.6) is 5.75 Å². The SMILES string of the molecule is CCCCN1c2ccccc2-c2oc(=O)cc(O)c2C1O. The molecule has 2 N–H and O–H groups in total. The van der Waals surface area contributed by atoms with E-state index in [-0.39, 0.29) is 17.1 Å². The third-order valence-corrected chi connectivity index (χ3v) is 3.74. The lowest BCUT2D eigenvalue weighted by molar-refractivity contribution is 0.162. The van der Waals surface area contributed by atoms with Crippen molar-refractivity contribution < 1.29 is 14.6 Å². The molecule has 1 aliphatic heterocycles. The highest BCUT2D eigenvalue weighted by atomic mass is 16.4. The van der Waals surface area contributed by atoms with Crippen molar-refractivity contribution in [1.82, 2.24) is 0 Å². The van der Waals surface area contributed by atoms with E-state index < -0.39 is 11.9 Å². The quantitative estimate of drug-likeness (QED) is 0.907. The molecule has 21 heavy (non-hydrogen) atoms. The number of hydrogen-bond donors (Lipinski definition) is 2. The van der Waals surface area contributed by atoms with Gasteiger partial charge >= 0.3 is 5.63 Å². The summed E-state index contributed by atoms with van der Waals surface area (Å²) in [7, 11) is 0. The molecule has 1 atom stereocenters. The van der Waals surface area contributed by atoms with Gasteiger partial charge in [-0.05, 0) is 18.6 Å². The van der Waals surface area contributed by atoms with Gasteiger partial charge in [0.25, 0.3) is 0 Å². The zero-order chi connectivity index (χ0) is 15.0. The summed E-state index contributed by atoms with van der Waals surface area (Å²) < 4.78 is 5.23. The van der Waals surface area contributed by atoms with Gasteiger partial charge in [-0.1, -0.05) is 25.5 Å². The average Bonchev–Trinajstić information content (AvgIpc) is 2.46. The van der Waals surface area contributed by atoms with Crippen LogP contribution in [0.1, 0.15) is 31.6 Å². The van der Waals surface area contributed by atoms with E-state index in [9.17, 15) is 15.0 Å². The Bertz CT molecular complexity index is 722. The van der Waals surface area contributed by atoms with Crippen LogP contribution in [0.25, 0.3) is 11.3 Å². The molecule has 1 unspecified atom stereocenters. The highest BCUT2D eigenvalue weighted by Crippen LogP contribution is 2.45. The van der Waals surface area contributed by atoms with Gasteiger partial charge in [0.2, 0.25) is 0 Å². The fraction of sp³-hybridized carbons (Fsp3) is 0.312. The summed E-state index contributed by atoms with van der Waals surface area (Å²) in [4.78, 5) is 13.3. The van der Waals surface area contributed by atoms with Gasteiger partial charge in [-0.25, -0.2) is 4.79 Å². The van der Waals surface area contributed by atoms with Crippen LogP contribution in [-0.2, 0) is 0 Å². The molecule has 0 saturated heterocycles. The summed E-state index contributed by atoms with van der Waals surface area (Å²) >= 11 is 0. The number of benzene rings is 1. The maximum atomic E-state index is 11.5. The lowest BCUT2D eigenvalue weighted by Crippen LogP contribution is -2.33. The maximum Gasteiger partial charge on any atom is 0.339 e. The molecule has 5 nitrogen and oxygen atoms in total. The first-order valence-corrected chi connectivity index (χ1v) is 7.04. The van der Waals surface area contributed by atoms with Crippen molar-refractivity contribution in [2.24, 2.45) is 0 Å². The molecule has 0 radical (unpaired) electrons. The molecule has 0 fully saturated rings.